The minimum absolute atomic E-state index is 0.167. The molecule has 0 bridgehead atoms. The predicted molar refractivity (Wildman–Crippen MR) is 139 cm³/mol. The fourth-order valence-electron chi connectivity index (χ4n) is 4.23. The number of hydrogen-bond acceptors (Lipinski definition) is 8. The third-order valence-electron chi connectivity index (χ3n) is 6.21. The topological polar surface area (TPSA) is 86.1 Å². The van der Waals surface area contributed by atoms with Crippen LogP contribution in [0, 0.1) is 13.8 Å². The molecule has 0 aromatic carbocycles. The first-order valence-corrected chi connectivity index (χ1v) is 14.3. The number of nitrogens with one attached hydrogen (secondary N) is 1. The third kappa shape index (κ3) is 5.08. The minimum Gasteiger partial charge on any atom is -0.465 e. The Balaban J connectivity index is 1.50. The normalized spacial score (nSPS) is 13.8. The van der Waals surface area contributed by atoms with Gasteiger partial charge in [-0.1, -0.05) is 24.6 Å². The van der Waals surface area contributed by atoms with Gasteiger partial charge in [-0.2, -0.15) is 0 Å². The molecule has 0 unspecified atom stereocenters. The smallest absolute Gasteiger partial charge is 0.341 e. The molecule has 3 aromatic rings. The van der Waals surface area contributed by atoms with Crippen LogP contribution >= 0.6 is 34.4 Å². The molecule has 1 N–H and O–H groups in total. The summed E-state index contributed by atoms with van der Waals surface area (Å²) in [5, 5.41) is 15.2. The third-order valence-corrected chi connectivity index (χ3v) is 9.39. The highest BCUT2D eigenvalue weighted by Crippen LogP contribution is 2.38. The van der Waals surface area contributed by atoms with Gasteiger partial charge in [-0.25, -0.2) is 4.79 Å². The first-order valence-electron chi connectivity index (χ1n) is 11.6. The average Bonchev–Trinajstić information content (AvgIpc) is 3.47. The summed E-state index contributed by atoms with van der Waals surface area (Å²) in [6, 6.07) is 0. The van der Waals surface area contributed by atoms with E-state index in [2.05, 4.69) is 41.7 Å². The van der Waals surface area contributed by atoms with E-state index in [4.69, 9.17) is 4.74 Å². The number of thiophene rings is 2. The number of hydrogen-bond donors (Lipinski definition) is 1. The first-order chi connectivity index (χ1) is 16.4. The molecule has 0 saturated heterocycles. The van der Waals surface area contributed by atoms with Crippen LogP contribution in [-0.4, -0.2) is 39.5 Å². The molecule has 0 radical (unpaired) electrons. The van der Waals surface area contributed by atoms with E-state index in [1.165, 1.54) is 58.4 Å². The lowest BCUT2D eigenvalue weighted by atomic mass is 9.96. The average molecular weight is 519 g/mol. The van der Waals surface area contributed by atoms with Crippen molar-refractivity contribution in [3.8, 4) is 11.4 Å². The highest BCUT2D eigenvalue weighted by molar-refractivity contribution is 7.99. The zero-order valence-corrected chi connectivity index (χ0v) is 22.5. The van der Waals surface area contributed by atoms with Gasteiger partial charge in [0.2, 0.25) is 5.91 Å². The van der Waals surface area contributed by atoms with Crippen LogP contribution in [0.15, 0.2) is 10.5 Å². The molecule has 3 heterocycles. The lowest BCUT2D eigenvalue weighted by Gasteiger charge is -2.11. The number of rotatable bonds is 7. The van der Waals surface area contributed by atoms with Crippen LogP contribution < -0.4 is 5.32 Å². The number of nitrogens with zero attached hydrogens (tertiary/aromatic N) is 3. The highest BCUT2D eigenvalue weighted by Gasteiger charge is 2.26. The van der Waals surface area contributed by atoms with Gasteiger partial charge in [-0.3, -0.25) is 4.79 Å². The molecule has 1 aliphatic rings. The monoisotopic (exact) mass is 518 g/mol. The second kappa shape index (κ2) is 11.0. The molecule has 1 amide bonds. The van der Waals surface area contributed by atoms with E-state index in [1.54, 1.807) is 11.3 Å². The van der Waals surface area contributed by atoms with Crippen LogP contribution in [-0.2, 0) is 28.9 Å². The van der Waals surface area contributed by atoms with Crippen LogP contribution in [0.25, 0.3) is 11.4 Å². The molecule has 0 atom stereocenters. The summed E-state index contributed by atoms with van der Waals surface area (Å²) in [7, 11) is 1.39. The van der Waals surface area contributed by atoms with E-state index < -0.39 is 0 Å². The van der Waals surface area contributed by atoms with Crippen molar-refractivity contribution in [1.82, 2.24) is 14.8 Å². The molecule has 7 nitrogen and oxygen atoms in total. The molecule has 4 rings (SSSR count). The van der Waals surface area contributed by atoms with Crippen molar-refractivity contribution < 1.29 is 14.3 Å². The Hall–Kier alpha value is -2.17. The lowest BCUT2D eigenvalue weighted by molar-refractivity contribution is -0.113. The number of amides is 1. The number of carbonyl (C=O) groups excluding carboxylic acids is 2. The van der Waals surface area contributed by atoms with Gasteiger partial charge in [0.05, 0.1) is 18.4 Å². The van der Waals surface area contributed by atoms with Crippen LogP contribution in [0.5, 0.6) is 0 Å². The van der Waals surface area contributed by atoms with Crippen molar-refractivity contribution in [1.29, 1.82) is 0 Å². The quantitative estimate of drug-likeness (QED) is 0.310. The van der Waals surface area contributed by atoms with Crippen LogP contribution in [0.4, 0.5) is 5.00 Å². The highest BCUT2D eigenvalue weighted by atomic mass is 32.2. The standard InChI is InChI=1S/C24H30N4O3S3/c1-5-28-21(17-12-32-15(3)14(17)2)26-27-24(28)33-13-19(29)25-22-20(23(30)31-4)16-10-8-6-7-9-11-18(16)34-22/h12H,5-11,13H2,1-4H3,(H,25,29). The van der Waals surface area contributed by atoms with E-state index >= 15 is 0 Å². The van der Waals surface area contributed by atoms with E-state index in [1.807, 2.05) is 4.57 Å². The maximum absolute atomic E-state index is 12.9. The van der Waals surface area contributed by atoms with Gasteiger partial charge in [0.1, 0.15) is 5.00 Å². The number of aromatic nitrogens is 3. The zero-order valence-electron chi connectivity index (χ0n) is 20.0. The van der Waals surface area contributed by atoms with Gasteiger partial charge in [0.25, 0.3) is 0 Å². The Morgan fingerprint density at radius 2 is 1.94 bits per heavy atom. The molecule has 0 aliphatic heterocycles. The molecule has 34 heavy (non-hydrogen) atoms. The molecular weight excluding hydrogens is 488 g/mol. The van der Waals surface area contributed by atoms with E-state index in [9.17, 15) is 9.59 Å². The number of esters is 1. The predicted octanol–water partition coefficient (Wildman–Crippen LogP) is 5.88. The fraction of sp³-hybridized carbons (Fsp3) is 0.500. The van der Waals surface area contributed by atoms with Gasteiger partial charge < -0.3 is 14.6 Å². The van der Waals surface area contributed by atoms with Crippen LogP contribution in [0.3, 0.4) is 0 Å². The lowest BCUT2D eigenvalue weighted by Crippen LogP contribution is -2.17. The van der Waals surface area contributed by atoms with Crippen molar-refractivity contribution in [2.45, 2.75) is 71.0 Å². The summed E-state index contributed by atoms with van der Waals surface area (Å²) in [4.78, 5) is 27.9. The summed E-state index contributed by atoms with van der Waals surface area (Å²) in [6.07, 6.45) is 6.32. The number of fused-ring (bicyclic) bond motifs is 1. The fourth-order valence-corrected chi connectivity index (χ4v) is 7.19. The van der Waals surface area contributed by atoms with E-state index in [0.29, 0.717) is 22.3 Å². The number of anilines is 1. The first kappa shape index (κ1) is 24.9. The van der Waals surface area contributed by atoms with Gasteiger partial charge in [-0.05, 0) is 57.6 Å². The van der Waals surface area contributed by atoms with Crippen LogP contribution in [0.1, 0.15) is 63.8 Å². The maximum Gasteiger partial charge on any atom is 0.341 e. The summed E-state index contributed by atoms with van der Waals surface area (Å²) in [5.74, 6) is 0.471. The Bertz CT molecular complexity index is 1190. The summed E-state index contributed by atoms with van der Waals surface area (Å²) < 4.78 is 7.11. The minimum atomic E-state index is -0.377. The summed E-state index contributed by atoms with van der Waals surface area (Å²) in [6.45, 7) is 6.96. The number of thioether (sulfide) groups is 1. The molecule has 3 aromatic heterocycles. The SMILES string of the molecule is CCn1c(SCC(=O)Nc2sc3c(c2C(=O)OC)CCCCCC3)nnc1-c1csc(C)c1C. The van der Waals surface area contributed by atoms with Crippen LogP contribution in [0.2, 0.25) is 0 Å². The van der Waals surface area contributed by atoms with Gasteiger partial charge in [-0.15, -0.1) is 32.9 Å². The zero-order chi connectivity index (χ0) is 24.2. The second-order valence-electron chi connectivity index (χ2n) is 8.33. The molecule has 0 saturated carbocycles. The molecular formula is C24H30N4O3S3. The maximum atomic E-state index is 12.9. The number of carbonyl (C=O) groups is 2. The Kier molecular flexibility index (Phi) is 8.10. The Morgan fingerprint density at radius 3 is 2.62 bits per heavy atom. The van der Waals surface area contributed by atoms with Gasteiger partial charge in [0.15, 0.2) is 11.0 Å². The Morgan fingerprint density at radius 1 is 1.18 bits per heavy atom. The number of aryl methyl sites for hydroxylation is 2. The second-order valence-corrected chi connectivity index (χ2v) is 11.5. The molecule has 0 spiro atoms. The molecule has 182 valence electrons. The summed E-state index contributed by atoms with van der Waals surface area (Å²) in [5.41, 5.74) is 3.89. The largest absolute Gasteiger partial charge is 0.465 e. The molecule has 10 heteroatoms. The molecule has 0 fully saturated rings. The van der Waals surface area contributed by atoms with Crippen molar-refractivity contribution in [2.24, 2.45) is 0 Å². The van der Waals surface area contributed by atoms with Gasteiger partial charge in [0, 0.05) is 27.2 Å². The summed E-state index contributed by atoms with van der Waals surface area (Å²) >= 11 is 4.58. The van der Waals surface area contributed by atoms with Crippen molar-refractivity contribution in [2.75, 3.05) is 18.2 Å². The van der Waals surface area contributed by atoms with Gasteiger partial charge >= 0.3 is 5.97 Å². The number of ether oxygens (including phenoxy) is 1. The Labute approximate surface area is 212 Å². The molecule has 1 aliphatic carbocycles. The number of methoxy groups -OCH3 is 1. The van der Waals surface area contributed by atoms with Crippen molar-refractivity contribution in [3.63, 3.8) is 0 Å². The van der Waals surface area contributed by atoms with E-state index in [-0.39, 0.29) is 17.6 Å². The van der Waals surface area contributed by atoms with Crippen molar-refractivity contribution in [3.05, 3.63) is 31.8 Å². The van der Waals surface area contributed by atoms with Crippen molar-refractivity contribution >= 4 is 51.3 Å². The van der Waals surface area contributed by atoms with E-state index in [0.717, 1.165) is 42.6 Å².